The number of aryl methyl sites for hydroxylation is 2. The molecule has 1 aliphatic carbocycles. The van der Waals surface area contributed by atoms with E-state index in [4.69, 9.17) is 11.6 Å². The van der Waals surface area contributed by atoms with Gasteiger partial charge in [-0.1, -0.05) is 38.1 Å². The Balaban J connectivity index is 2.49. The largest absolute Gasteiger partial charge is 0.118 e. The monoisotopic (exact) mass is 248 g/mol. The van der Waals surface area contributed by atoms with Gasteiger partial charge in [-0.15, -0.1) is 11.6 Å². The minimum Gasteiger partial charge on any atom is -0.118 e. The fourth-order valence-corrected chi connectivity index (χ4v) is 3.18. The molecule has 0 nitrogen and oxygen atoms in total. The Bertz CT molecular complexity index is 434. The zero-order valence-corrected chi connectivity index (χ0v) is 11.9. The van der Waals surface area contributed by atoms with E-state index in [1.54, 1.807) is 0 Å². The third kappa shape index (κ3) is 2.42. The molecule has 0 heterocycles. The number of hydrogen-bond donors (Lipinski definition) is 0. The Morgan fingerprint density at radius 3 is 2.29 bits per heavy atom. The van der Waals surface area contributed by atoms with Crippen molar-refractivity contribution in [1.29, 1.82) is 0 Å². The second-order valence-electron chi connectivity index (χ2n) is 5.80. The molecule has 0 saturated heterocycles. The average Bonchev–Trinajstić information content (AvgIpc) is 2.49. The molecule has 1 aromatic carbocycles. The zero-order valence-electron chi connectivity index (χ0n) is 11.2. The lowest BCUT2D eigenvalue weighted by molar-refractivity contribution is 0.464. The molecule has 1 aromatic rings. The summed E-state index contributed by atoms with van der Waals surface area (Å²) in [5, 5.41) is 0.212. The fraction of sp³-hybridized carbons (Fsp3) is 0.500. The maximum absolute atomic E-state index is 6.45. The molecule has 2 rings (SSSR count). The minimum absolute atomic E-state index is 0.212. The van der Waals surface area contributed by atoms with Crippen molar-refractivity contribution in [2.75, 3.05) is 0 Å². The third-order valence-electron chi connectivity index (χ3n) is 3.98. The number of hydrogen-bond acceptors (Lipinski definition) is 0. The molecule has 0 N–H and O–H groups in total. The van der Waals surface area contributed by atoms with E-state index in [-0.39, 0.29) is 10.8 Å². The van der Waals surface area contributed by atoms with Crippen molar-refractivity contribution < 1.29 is 0 Å². The molecule has 17 heavy (non-hydrogen) atoms. The third-order valence-corrected chi connectivity index (χ3v) is 4.44. The molecule has 0 radical (unpaired) electrons. The van der Waals surface area contributed by atoms with Crippen LogP contribution in [-0.4, -0.2) is 5.38 Å². The van der Waals surface area contributed by atoms with Crippen LogP contribution >= 0.6 is 11.6 Å². The molecule has 0 amide bonds. The van der Waals surface area contributed by atoms with Crippen molar-refractivity contribution in [3.05, 3.63) is 40.5 Å². The lowest BCUT2D eigenvalue weighted by Gasteiger charge is -2.21. The Labute approximate surface area is 110 Å². The average molecular weight is 249 g/mol. The van der Waals surface area contributed by atoms with E-state index in [1.165, 1.54) is 28.7 Å². The predicted octanol–water partition coefficient (Wildman–Crippen LogP) is 5.11. The highest BCUT2D eigenvalue weighted by Gasteiger charge is 2.35. The maximum Gasteiger partial charge on any atom is 0.0554 e. The number of halogens is 1. The van der Waals surface area contributed by atoms with Crippen LogP contribution in [0.15, 0.2) is 23.8 Å². The van der Waals surface area contributed by atoms with Gasteiger partial charge in [-0.25, -0.2) is 0 Å². The van der Waals surface area contributed by atoms with Crippen LogP contribution in [0.2, 0.25) is 0 Å². The fourth-order valence-electron chi connectivity index (χ4n) is 2.71. The lowest BCUT2D eigenvalue weighted by Crippen LogP contribution is -2.10. The highest BCUT2D eigenvalue weighted by Crippen LogP contribution is 2.46. The first-order chi connectivity index (χ1) is 7.92. The van der Waals surface area contributed by atoms with Crippen molar-refractivity contribution in [1.82, 2.24) is 0 Å². The molecule has 1 heteroatoms. The summed E-state index contributed by atoms with van der Waals surface area (Å²) in [5.41, 5.74) is 5.68. The van der Waals surface area contributed by atoms with E-state index in [2.05, 4.69) is 52.0 Å². The van der Waals surface area contributed by atoms with Crippen molar-refractivity contribution in [2.45, 2.75) is 45.9 Å². The number of benzene rings is 1. The quantitative estimate of drug-likeness (QED) is 0.606. The second kappa shape index (κ2) is 4.49. The summed E-state index contributed by atoms with van der Waals surface area (Å²) >= 11 is 6.45. The van der Waals surface area contributed by atoms with Gasteiger partial charge < -0.3 is 0 Å². The Hall–Kier alpha value is -0.750. The van der Waals surface area contributed by atoms with Gasteiger partial charge in [-0.2, -0.15) is 0 Å². The van der Waals surface area contributed by atoms with Crippen LogP contribution in [0, 0.1) is 19.3 Å². The van der Waals surface area contributed by atoms with Gasteiger partial charge in [0, 0.05) is 0 Å². The van der Waals surface area contributed by atoms with Crippen LogP contribution in [0.3, 0.4) is 0 Å². The van der Waals surface area contributed by atoms with Gasteiger partial charge >= 0.3 is 0 Å². The SMILES string of the molecule is Cc1cccc(C)c1/C=C1/C(Cl)CCC1(C)C. The highest BCUT2D eigenvalue weighted by atomic mass is 35.5. The van der Waals surface area contributed by atoms with Crippen LogP contribution in [0.5, 0.6) is 0 Å². The Morgan fingerprint density at radius 2 is 1.82 bits per heavy atom. The molecule has 1 saturated carbocycles. The normalized spacial score (nSPS) is 25.5. The smallest absolute Gasteiger partial charge is 0.0554 e. The summed E-state index contributed by atoms with van der Waals surface area (Å²) in [7, 11) is 0. The molecule has 1 unspecified atom stereocenters. The molecule has 1 aliphatic rings. The molecule has 0 aromatic heterocycles. The Morgan fingerprint density at radius 1 is 1.24 bits per heavy atom. The first-order valence-electron chi connectivity index (χ1n) is 6.34. The molecular formula is C16H21Cl. The molecule has 0 spiro atoms. The van der Waals surface area contributed by atoms with Crippen LogP contribution in [0.1, 0.15) is 43.4 Å². The van der Waals surface area contributed by atoms with Gasteiger partial charge in [0.15, 0.2) is 0 Å². The minimum atomic E-state index is 0.212. The molecular weight excluding hydrogens is 228 g/mol. The van der Waals surface area contributed by atoms with E-state index < -0.39 is 0 Å². The maximum atomic E-state index is 6.45. The van der Waals surface area contributed by atoms with Crippen molar-refractivity contribution >= 4 is 17.7 Å². The zero-order chi connectivity index (χ0) is 12.6. The predicted molar refractivity (Wildman–Crippen MR) is 76.5 cm³/mol. The van der Waals surface area contributed by atoms with Gasteiger partial charge in [0.1, 0.15) is 0 Å². The molecule has 92 valence electrons. The first kappa shape index (κ1) is 12.7. The van der Waals surface area contributed by atoms with Crippen molar-refractivity contribution in [3.8, 4) is 0 Å². The first-order valence-corrected chi connectivity index (χ1v) is 6.78. The van der Waals surface area contributed by atoms with Gasteiger partial charge in [0.05, 0.1) is 5.38 Å². The van der Waals surface area contributed by atoms with E-state index >= 15 is 0 Å². The van der Waals surface area contributed by atoms with Gasteiger partial charge in [-0.3, -0.25) is 0 Å². The summed E-state index contributed by atoms with van der Waals surface area (Å²) in [5.74, 6) is 0. The molecule has 1 atom stereocenters. The van der Waals surface area contributed by atoms with E-state index in [9.17, 15) is 0 Å². The van der Waals surface area contributed by atoms with Gasteiger partial charge in [0.25, 0.3) is 0 Å². The van der Waals surface area contributed by atoms with Crippen LogP contribution in [-0.2, 0) is 0 Å². The lowest BCUT2D eigenvalue weighted by atomic mass is 9.85. The number of alkyl halides is 1. The van der Waals surface area contributed by atoms with E-state index in [0.717, 1.165) is 6.42 Å². The summed E-state index contributed by atoms with van der Waals surface area (Å²) in [6, 6.07) is 6.46. The van der Waals surface area contributed by atoms with Crippen molar-refractivity contribution in [3.63, 3.8) is 0 Å². The van der Waals surface area contributed by atoms with E-state index in [1.807, 2.05) is 0 Å². The van der Waals surface area contributed by atoms with E-state index in [0.29, 0.717) is 0 Å². The number of rotatable bonds is 1. The summed E-state index contributed by atoms with van der Waals surface area (Å²) in [6.07, 6.45) is 4.62. The summed E-state index contributed by atoms with van der Waals surface area (Å²) < 4.78 is 0. The van der Waals surface area contributed by atoms with Gasteiger partial charge in [-0.05, 0) is 54.4 Å². The number of allylic oxidation sites excluding steroid dienone is 1. The Kier molecular flexibility index (Phi) is 3.36. The summed E-state index contributed by atoms with van der Waals surface area (Å²) in [4.78, 5) is 0. The second-order valence-corrected chi connectivity index (χ2v) is 6.32. The van der Waals surface area contributed by atoms with Crippen LogP contribution < -0.4 is 0 Å². The van der Waals surface area contributed by atoms with Crippen LogP contribution in [0.4, 0.5) is 0 Å². The standard InChI is InChI=1S/C16H21Cl/c1-11-6-5-7-12(2)13(11)10-14-15(17)8-9-16(14,3)4/h5-7,10,15H,8-9H2,1-4H3/b14-10-. The molecule has 1 fully saturated rings. The summed E-state index contributed by atoms with van der Waals surface area (Å²) in [6.45, 7) is 8.94. The van der Waals surface area contributed by atoms with Crippen molar-refractivity contribution in [2.24, 2.45) is 5.41 Å². The van der Waals surface area contributed by atoms with Crippen LogP contribution in [0.25, 0.3) is 6.08 Å². The highest BCUT2D eigenvalue weighted by molar-refractivity contribution is 6.23. The topological polar surface area (TPSA) is 0 Å². The van der Waals surface area contributed by atoms with Gasteiger partial charge in [0.2, 0.25) is 0 Å². The molecule has 0 aliphatic heterocycles. The molecule has 0 bridgehead atoms.